The number of aromatic hydroxyl groups is 1. The molecule has 1 aliphatic rings. The topological polar surface area (TPSA) is 50.1 Å². The van der Waals surface area contributed by atoms with E-state index in [2.05, 4.69) is 42.5 Å². The van der Waals surface area contributed by atoms with Crippen molar-refractivity contribution in [2.24, 2.45) is 0 Å². The van der Waals surface area contributed by atoms with Gasteiger partial charge in [-0.05, 0) is 56.2 Å². The number of anilines is 1. The molecule has 4 rings (SSSR count). The van der Waals surface area contributed by atoms with E-state index in [1.165, 1.54) is 16.7 Å². The molecule has 2 aromatic carbocycles. The Labute approximate surface area is 135 Å². The first-order valence-electron chi connectivity index (χ1n) is 7.76. The van der Waals surface area contributed by atoms with Crippen molar-refractivity contribution in [3.05, 3.63) is 64.8 Å². The van der Waals surface area contributed by atoms with Crippen LogP contribution in [0.15, 0.2) is 42.5 Å². The fourth-order valence-corrected chi connectivity index (χ4v) is 3.35. The highest BCUT2D eigenvalue weighted by Gasteiger charge is 2.27. The molecule has 1 aromatic heterocycles. The molecule has 0 saturated heterocycles. The Balaban J connectivity index is 1.93. The van der Waals surface area contributed by atoms with E-state index in [0.29, 0.717) is 0 Å². The highest BCUT2D eigenvalue weighted by atomic mass is 16.3. The van der Waals surface area contributed by atoms with Gasteiger partial charge in [-0.2, -0.15) is 5.10 Å². The maximum atomic E-state index is 9.54. The molecule has 1 unspecified atom stereocenters. The number of nitrogens with zero attached hydrogens (tertiary/aromatic N) is 2. The SMILES string of the molecule is Cc1cc(C)c2c(c1)-c1cc(C)nn1C(c1ccc(O)cc1)N2. The van der Waals surface area contributed by atoms with Crippen molar-refractivity contribution in [1.29, 1.82) is 0 Å². The molecule has 0 bridgehead atoms. The van der Waals surface area contributed by atoms with Crippen LogP contribution in [-0.2, 0) is 0 Å². The molecule has 4 heteroatoms. The number of benzene rings is 2. The maximum absolute atomic E-state index is 9.54. The Morgan fingerprint density at radius 1 is 1.04 bits per heavy atom. The number of rotatable bonds is 1. The predicted molar refractivity (Wildman–Crippen MR) is 91.7 cm³/mol. The van der Waals surface area contributed by atoms with Gasteiger partial charge in [-0.3, -0.25) is 0 Å². The lowest BCUT2D eigenvalue weighted by Gasteiger charge is -2.30. The molecule has 23 heavy (non-hydrogen) atoms. The van der Waals surface area contributed by atoms with Crippen molar-refractivity contribution in [3.8, 4) is 17.0 Å². The zero-order chi connectivity index (χ0) is 16.1. The highest BCUT2D eigenvalue weighted by Crippen LogP contribution is 2.41. The van der Waals surface area contributed by atoms with Crippen molar-refractivity contribution < 1.29 is 5.11 Å². The average molecular weight is 305 g/mol. The van der Waals surface area contributed by atoms with Gasteiger partial charge in [-0.15, -0.1) is 0 Å². The highest BCUT2D eigenvalue weighted by molar-refractivity contribution is 5.81. The number of phenolic OH excluding ortho intramolecular Hbond substituents is 1. The van der Waals surface area contributed by atoms with E-state index in [1.54, 1.807) is 12.1 Å². The number of phenols is 1. The molecule has 2 heterocycles. The standard InChI is InChI=1S/C19H19N3O/c1-11-8-12(2)18-16(9-11)17-10-13(3)21-22(17)19(20-18)14-4-6-15(23)7-5-14/h4-10,19-20,23H,1-3H3. The second-order valence-electron chi connectivity index (χ2n) is 6.26. The number of hydrogen-bond donors (Lipinski definition) is 2. The first kappa shape index (κ1) is 13.9. The van der Waals surface area contributed by atoms with Crippen LogP contribution in [0.5, 0.6) is 5.75 Å². The number of fused-ring (bicyclic) bond motifs is 3. The van der Waals surface area contributed by atoms with Crippen LogP contribution in [0.1, 0.15) is 28.6 Å². The average Bonchev–Trinajstić information content (AvgIpc) is 2.89. The lowest BCUT2D eigenvalue weighted by atomic mass is 9.98. The number of aromatic nitrogens is 2. The second kappa shape index (κ2) is 4.88. The molecule has 0 radical (unpaired) electrons. The van der Waals surface area contributed by atoms with Gasteiger partial charge < -0.3 is 10.4 Å². The molecular formula is C19H19N3O. The molecule has 0 aliphatic carbocycles. The zero-order valence-corrected chi connectivity index (χ0v) is 13.5. The molecule has 0 spiro atoms. The molecule has 2 N–H and O–H groups in total. The van der Waals surface area contributed by atoms with Gasteiger partial charge in [0.25, 0.3) is 0 Å². The quantitative estimate of drug-likeness (QED) is 0.710. The number of hydrogen-bond acceptors (Lipinski definition) is 3. The first-order valence-corrected chi connectivity index (χ1v) is 7.76. The van der Waals surface area contributed by atoms with Crippen LogP contribution in [0.4, 0.5) is 5.69 Å². The Bertz CT molecular complexity index is 894. The van der Waals surface area contributed by atoms with Crippen LogP contribution in [0.2, 0.25) is 0 Å². The first-order chi connectivity index (χ1) is 11.0. The van der Waals surface area contributed by atoms with Crippen molar-refractivity contribution >= 4 is 5.69 Å². The molecule has 1 aliphatic heterocycles. The third-order valence-corrected chi connectivity index (χ3v) is 4.35. The van der Waals surface area contributed by atoms with Crippen LogP contribution in [0.25, 0.3) is 11.3 Å². The van der Waals surface area contributed by atoms with Crippen molar-refractivity contribution in [2.45, 2.75) is 26.9 Å². The fourth-order valence-electron chi connectivity index (χ4n) is 3.35. The second-order valence-corrected chi connectivity index (χ2v) is 6.26. The summed E-state index contributed by atoms with van der Waals surface area (Å²) in [7, 11) is 0. The number of nitrogens with one attached hydrogen (secondary N) is 1. The molecule has 0 saturated carbocycles. The Hall–Kier alpha value is -2.75. The Morgan fingerprint density at radius 2 is 1.78 bits per heavy atom. The van der Waals surface area contributed by atoms with E-state index in [1.807, 2.05) is 23.7 Å². The Kier molecular flexibility index (Phi) is 2.94. The normalized spacial score (nSPS) is 15.7. The summed E-state index contributed by atoms with van der Waals surface area (Å²) in [4.78, 5) is 0. The van der Waals surface area contributed by atoms with Gasteiger partial charge in [0.05, 0.1) is 11.4 Å². The van der Waals surface area contributed by atoms with Gasteiger partial charge >= 0.3 is 0 Å². The molecule has 3 aromatic rings. The van der Waals surface area contributed by atoms with E-state index in [-0.39, 0.29) is 11.9 Å². The van der Waals surface area contributed by atoms with Crippen LogP contribution in [0, 0.1) is 20.8 Å². The van der Waals surface area contributed by atoms with E-state index in [9.17, 15) is 5.11 Å². The summed E-state index contributed by atoms with van der Waals surface area (Å²) in [6, 6.07) is 13.8. The van der Waals surface area contributed by atoms with Gasteiger partial charge in [0.15, 0.2) is 0 Å². The van der Waals surface area contributed by atoms with E-state index in [0.717, 1.165) is 22.6 Å². The summed E-state index contributed by atoms with van der Waals surface area (Å²) in [5.74, 6) is 0.272. The van der Waals surface area contributed by atoms with Crippen LogP contribution in [0.3, 0.4) is 0 Å². The Morgan fingerprint density at radius 3 is 2.52 bits per heavy atom. The lowest BCUT2D eigenvalue weighted by Crippen LogP contribution is -2.26. The van der Waals surface area contributed by atoms with Gasteiger partial charge in [0.2, 0.25) is 0 Å². The van der Waals surface area contributed by atoms with Gasteiger partial charge in [0.1, 0.15) is 11.9 Å². The van der Waals surface area contributed by atoms with Crippen LogP contribution >= 0.6 is 0 Å². The van der Waals surface area contributed by atoms with Gasteiger partial charge in [0, 0.05) is 11.3 Å². The molecule has 0 amide bonds. The van der Waals surface area contributed by atoms with Crippen molar-refractivity contribution in [3.63, 3.8) is 0 Å². The van der Waals surface area contributed by atoms with Gasteiger partial charge in [-0.1, -0.05) is 23.8 Å². The minimum atomic E-state index is -0.0757. The molecule has 116 valence electrons. The smallest absolute Gasteiger partial charge is 0.147 e. The van der Waals surface area contributed by atoms with Crippen LogP contribution < -0.4 is 5.32 Å². The summed E-state index contributed by atoms with van der Waals surface area (Å²) in [5, 5.41) is 17.8. The van der Waals surface area contributed by atoms with Gasteiger partial charge in [-0.25, -0.2) is 4.68 Å². The zero-order valence-electron chi connectivity index (χ0n) is 13.5. The third kappa shape index (κ3) is 2.18. The van der Waals surface area contributed by atoms with Crippen molar-refractivity contribution in [2.75, 3.05) is 5.32 Å². The molecular weight excluding hydrogens is 286 g/mol. The summed E-state index contributed by atoms with van der Waals surface area (Å²) in [6.45, 7) is 6.26. The van der Waals surface area contributed by atoms with E-state index < -0.39 is 0 Å². The molecule has 1 atom stereocenters. The summed E-state index contributed by atoms with van der Waals surface area (Å²) < 4.78 is 2.03. The summed E-state index contributed by atoms with van der Waals surface area (Å²) in [5.41, 5.74) is 8.01. The number of aryl methyl sites for hydroxylation is 3. The predicted octanol–water partition coefficient (Wildman–Crippen LogP) is 4.15. The van der Waals surface area contributed by atoms with E-state index in [4.69, 9.17) is 0 Å². The van der Waals surface area contributed by atoms with Crippen LogP contribution in [-0.4, -0.2) is 14.9 Å². The molecule has 0 fully saturated rings. The summed E-state index contributed by atoms with van der Waals surface area (Å²) in [6.07, 6.45) is -0.0757. The fraction of sp³-hybridized carbons (Fsp3) is 0.211. The monoisotopic (exact) mass is 305 g/mol. The minimum absolute atomic E-state index is 0.0757. The summed E-state index contributed by atoms with van der Waals surface area (Å²) >= 11 is 0. The minimum Gasteiger partial charge on any atom is -0.508 e. The lowest BCUT2D eigenvalue weighted by molar-refractivity contribution is 0.474. The van der Waals surface area contributed by atoms with Crippen molar-refractivity contribution in [1.82, 2.24) is 9.78 Å². The van der Waals surface area contributed by atoms with E-state index >= 15 is 0 Å². The largest absolute Gasteiger partial charge is 0.508 e. The maximum Gasteiger partial charge on any atom is 0.147 e. The molecule has 4 nitrogen and oxygen atoms in total. The third-order valence-electron chi connectivity index (χ3n) is 4.35.